The molecule has 3 rings (SSSR count). The molecule has 0 radical (unpaired) electrons. The Bertz CT molecular complexity index is 530. The first-order chi connectivity index (χ1) is 8.78. The van der Waals surface area contributed by atoms with E-state index in [1.807, 2.05) is 24.3 Å². The van der Waals surface area contributed by atoms with Gasteiger partial charge in [0.05, 0.1) is 0 Å². The lowest BCUT2D eigenvalue weighted by Gasteiger charge is -2.04. The lowest BCUT2D eigenvalue weighted by Crippen LogP contribution is -2.12. The van der Waals surface area contributed by atoms with Crippen LogP contribution in [0.5, 0.6) is 5.75 Å². The fourth-order valence-electron chi connectivity index (χ4n) is 1.94. The second-order valence-electron chi connectivity index (χ2n) is 4.16. The molecule has 0 aliphatic carbocycles. The number of fused-ring (bicyclic) bond motifs is 1. The normalized spacial score (nSPS) is 19.3. The average Bonchev–Trinajstić information content (AvgIpc) is 3.03. The van der Waals surface area contributed by atoms with Gasteiger partial charge in [-0.05, 0) is 11.6 Å². The van der Waals surface area contributed by atoms with Crippen LogP contribution in [0.15, 0.2) is 28.8 Å². The van der Waals surface area contributed by atoms with Crippen LogP contribution in [0.4, 0.5) is 0 Å². The van der Waals surface area contributed by atoms with Crippen LogP contribution in [0.3, 0.4) is 0 Å². The predicted molar refractivity (Wildman–Crippen MR) is 61.8 cm³/mol. The summed E-state index contributed by atoms with van der Waals surface area (Å²) < 4.78 is 10.7. The third-order valence-corrected chi connectivity index (χ3v) is 2.90. The fraction of sp³-hybridized carbons (Fsp3) is 0.333. The monoisotopic (exact) mass is 247 g/mol. The number of ether oxygens (including phenoxy) is 1. The highest BCUT2D eigenvalue weighted by molar-refractivity contribution is 5.37. The van der Waals surface area contributed by atoms with Crippen LogP contribution in [-0.4, -0.2) is 21.8 Å². The lowest BCUT2D eigenvalue weighted by atomic mass is 10.1. The molecule has 1 aromatic heterocycles. The number of aliphatic hydroxyl groups is 1. The maximum atomic E-state index is 9.50. The van der Waals surface area contributed by atoms with Gasteiger partial charge in [0.25, 0.3) is 5.89 Å². The number of para-hydroxylation sites is 1. The maximum absolute atomic E-state index is 9.50. The van der Waals surface area contributed by atoms with Gasteiger partial charge < -0.3 is 20.1 Å². The average molecular weight is 247 g/mol. The molecule has 2 unspecified atom stereocenters. The van der Waals surface area contributed by atoms with Gasteiger partial charge in [0.15, 0.2) is 6.10 Å². The summed E-state index contributed by atoms with van der Waals surface area (Å²) >= 11 is 0. The Hall–Kier alpha value is -1.92. The Kier molecular flexibility index (Phi) is 2.73. The first-order valence-electron chi connectivity index (χ1n) is 5.74. The molecule has 0 spiro atoms. The van der Waals surface area contributed by atoms with Crippen LogP contribution in [0.2, 0.25) is 0 Å². The molecule has 94 valence electrons. The number of benzene rings is 1. The van der Waals surface area contributed by atoms with Gasteiger partial charge in [-0.3, -0.25) is 0 Å². The van der Waals surface area contributed by atoms with Crippen LogP contribution < -0.4 is 10.5 Å². The molecule has 0 bridgehead atoms. The van der Waals surface area contributed by atoms with Crippen molar-refractivity contribution in [3.63, 3.8) is 0 Å². The second kappa shape index (κ2) is 4.40. The third kappa shape index (κ3) is 1.85. The molecular formula is C12H13N3O3. The molecule has 0 fully saturated rings. The molecule has 1 aromatic carbocycles. The van der Waals surface area contributed by atoms with E-state index in [0.717, 1.165) is 11.3 Å². The number of hydrogen-bond acceptors (Lipinski definition) is 6. The number of hydrogen-bond donors (Lipinski definition) is 2. The van der Waals surface area contributed by atoms with Gasteiger partial charge in [-0.1, -0.05) is 23.4 Å². The zero-order valence-corrected chi connectivity index (χ0v) is 9.61. The molecule has 18 heavy (non-hydrogen) atoms. The van der Waals surface area contributed by atoms with Crippen LogP contribution in [0.1, 0.15) is 29.5 Å². The summed E-state index contributed by atoms with van der Waals surface area (Å²) in [6.07, 6.45) is -0.478. The van der Waals surface area contributed by atoms with E-state index in [2.05, 4.69) is 10.1 Å². The minimum Gasteiger partial charge on any atom is -0.482 e. The number of nitrogens with two attached hydrogens (primary N) is 1. The number of rotatable bonds is 3. The minimum atomic E-state index is -0.921. The topological polar surface area (TPSA) is 94.4 Å². The molecule has 2 atom stereocenters. The first kappa shape index (κ1) is 11.2. The van der Waals surface area contributed by atoms with E-state index in [4.69, 9.17) is 15.0 Å². The quantitative estimate of drug-likeness (QED) is 0.830. The molecule has 2 aromatic rings. The number of aliphatic hydroxyl groups excluding tert-OH is 1. The smallest absolute Gasteiger partial charge is 0.256 e. The minimum absolute atomic E-state index is 0.0490. The number of nitrogens with zero attached hydrogens (tertiary/aromatic N) is 2. The second-order valence-corrected chi connectivity index (χ2v) is 4.16. The Morgan fingerprint density at radius 1 is 1.44 bits per heavy atom. The Morgan fingerprint density at radius 2 is 2.28 bits per heavy atom. The molecule has 0 saturated carbocycles. The maximum Gasteiger partial charge on any atom is 0.256 e. The third-order valence-electron chi connectivity index (χ3n) is 2.90. The van der Waals surface area contributed by atoms with Gasteiger partial charge in [0.1, 0.15) is 11.9 Å². The van der Waals surface area contributed by atoms with E-state index in [1.165, 1.54) is 0 Å². The molecular weight excluding hydrogens is 234 g/mol. The summed E-state index contributed by atoms with van der Waals surface area (Å²) in [5, 5.41) is 13.3. The zero-order valence-electron chi connectivity index (χ0n) is 9.61. The molecule has 3 N–H and O–H groups in total. The molecule has 6 nitrogen and oxygen atoms in total. The SMILES string of the molecule is NCC(O)c1nc(C2Cc3ccccc3O2)no1. The standard InChI is InChI=1S/C12H13N3O3/c13-6-8(16)12-14-11(15-18-12)10-5-7-3-1-2-4-9(7)17-10/h1-4,8,10,16H,5-6,13H2. The van der Waals surface area contributed by atoms with Crippen LogP contribution in [0, 0.1) is 0 Å². The predicted octanol–water partition coefficient (Wildman–Crippen LogP) is 0.738. The Labute approximate surface area is 103 Å². The van der Waals surface area contributed by atoms with Gasteiger partial charge in [0.2, 0.25) is 5.82 Å². The molecule has 0 amide bonds. The van der Waals surface area contributed by atoms with Crippen molar-refractivity contribution in [1.29, 1.82) is 0 Å². The van der Waals surface area contributed by atoms with E-state index in [-0.39, 0.29) is 18.5 Å². The largest absolute Gasteiger partial charge is 0.482 e. The summed E-state index contributed by atoms with van der Waals surface area (Å²) in [6, 6.07) is 7.79. The van der Waals surface area contributed by atoms with E-state index >= 15 is 0 Å². The van der Waals surface area contributed by atoms with E-state index < -0.39 is 6.10 Å². The Balaban J connectivity index is 1.80. The molecule has 2 heterocycles. The highest BCUT2D eigenvalue weighted by Crippen LogP contribution is 2.35. The van der Waals surface area contributed by atoms with E-state index in [1.54, 1.807) is 0 Å². The van der Waals surface area contributed by atoms with E-state index in [0.29, 0.717) is 12.2 Å². The fourth-order valence-corrected chi connectivity index (χ4v) is 1.94. The summed E-state index contributed by atoms with van der Waals surface area (Å²) in [6.45, 7) is 0.0490. The molecule has 1 aliphatic heterocycles. The summed E-state index contributed by atoms with van der Waals surface area (Å²) in [4.78, 5) is 4.11. The van der Waals surface area contributed by atoms with Gasteiger partial charge in [-0.2, -0.15) is 4.98 Å². The van der Waals surface area contributed by atoms with Gasteiger partial charge >= 0.3 is 0 Å². The van der Waals surface area contributed by atoms with Crippen molar-refractivity contribution in [1.82, 2.24) is 10.1 Å². The van der Waals surface area contributed by atoms with Crippen molar-refractivity contribution in [3.8, 4) is 5.75 Å². The molecule has 1 aliphatic rings. The number of aromatic nitrogens is 2. The van der Waals surface area contributed by atoms with Crippen molar-refractivity contribution in [2.24, 2.45) is 5.73 Å². The van der Waals surface area contributed by atoms with Crippen molar-refractivity contribution < 1.29 is 14.4 Å². The van der Waals surface area contributed by atoms with Crippen LogP contribution in [-0.2, 0) is 6.42 Å². The van der Waals surface area contributed by atoms with E-state index in [9.17, 15) is 5.11 Å². The summed E-state index contributed by atoms with van der Waals surface area (Å²) in [5.41, 5.74) is 6.45. The summed E-state index contributed by atoms with van der Waals surface area (Å²) in [5.74, 6) is 1.41. The van der Waals surface area contributed by atoms with Crippen molar-refractivity contribution in [2.45, 2.75) is 18.6 Å². The highest BCUT2D eigenvalue weighted by atomic mass is 16.5. The van der Waals surface area contributed by atoms with Gasteiger partial charge in [-0.15, -0.1) is 0 Å². The first-order valence-corrected chi connectivity index (χ1v) is 5.74. The van der Waals surface area contributed by atoms with Crippen LogP contribution >= 0.6 is 0 Å². The van der Waals surface area contributed by atoms with Gasteiger partial charge in [-0.25, -0.2) is 0 Å². The Morgan fingerprint density at radius 3 is 3.06 bits per heavy atom. The molecule has 6 heteroatoms. The van der Waals surface area contributed by atoms with Gasteiger partial charge in [0, 0.05) is 13.0 Å². The van der Waals surface area contributed by atoms with Crippen molar-refractivity contribution in [3.05, 3.63) is 41.5 Å². The summed E-state index contributed by atoms with van der Waals surface area (Å²) in [7, 11) is 0. The highest BCUT2D eigenvalue weighted by Gasteiger charge is 2.29. The molecule has 0 saturated heterocycles. The van der Waals surface area contributed by atoms with Crippen molar-refractivity contribution >= 4 is 0 Å². The van der Waals surface area contributed by atoms with Crippen molar-refractivity contribution in [2.75, 3.05) is 6.54 Å². The zero-order chi connectivity index (χ0) is 12.5. The van der Waals surface area contributed by atoms with Crippen LogP contribution in [0.25, 0.3) is 0 Å². The lowest BCUT2D eigenvalue weighted by molar-refractivity contribution is 0.141.